The average Bonchev–Trinajstić information content (AvgIpc) is 2.11. The largest absolute Gasteiger partial charge is 0.376 e. The summed E-state index contributed by atoms with van der Waals surface area (Å²) in [5.41, 5.74) is 5.26. The van der Waals surface area contributed by atoms with E-state index >= 15 is 0 Å². The second-order valence-electron chi connectivity index (χ2n) is 2.70. The molecule has 0 unspecified atom stereocenters. The molecule has 3 nitrogen and oxygen atoms in total. The van der Waals surface area contributed by atoms with Gasteiger partial charge in [-0.2, -0.15) is 0 Å². The van der Waals surface area contributed by atoms with Crippen molar-refractivity contribution in [3.63, 3.8) is 0 Å². The van der Waals surface area contributed by atoms with Gasteiger partial charge in [0.15, 0.2) is 5.11 Å². The highest BCUT2D eigenvalue weighted by molar-refractivity contribution is 7.80. The third-order valence-electron chi connectivity index (χ3n) is 1.82. The van der Waals surface area contributed by atoms with Gasteiger partial charge in [0, 0.05) is 13.1 Å². The Balaban J connectivity index is 3.44. The number of hydrogen-bond donors (Lipinski definition) is 2. The summed E-state index contributed by atoms with van der Waals surface area (Å²) in [6, 6.07) is 0. The van der Waals surface area contributed by atoms with Crippen LogP contribution in [0.4, 0.5) is 0 Å². The van der Waals surface area contributed by atoms with E-state index in [-0.39, 0.29) is 0 Å². The SMILES string of the molecule is CCN(CC)C/C=C/CNC(N)=S. The lowest BCUT2D eigenvalue weighted by Crippen LogP contribution is -2.29. The Morgan fingerprint density at radius 2 is 2.00 bits per heavy atom. The van der Waals surface area contributed by atoms with Crippen molar-refractivity contribution in [2.45, 2.75) is 13.8 Å². The molecule has 0 aliphatic rings. The van der Waals surface area contributed by atoms with Crippen molar-refractivity contribution in [3.8, 4) is 0 Å². The quantitative estimate of drug-likeness (QED) is 0.491. The first-order chi connectivity index (χ1) is 6.20. The molecule has 4 heteroatoms. The molecule has 0 aliphatic heterocycles. The minimum Gasteiger partial charge on any atom is -0.376 e. The number of likely N-dealkylation sites (N-methyl/N-ethyl adjacent to an activating group) is 1. The Morgan fingerprint density at radius 3 is 2.46 bits per heavy atom. The number of rotatable bonds is 6. The third kappa shape index (κ3) is 7.74. The summed E-state index contributed by atoms with van der Waals surface area (Å²) in [6.45, 7) is 8.20. The Morgan fingerprint density at radius 1 is 1.38 bits per heavy atom. The minimum absolute atomic E-state index is 0.354. The fourth-order valence-corrected chi connectivity index (χ4v) is 1.03. The summed E-state index contributed by atoms with van der Waals surface area (Å²) in [4.78, 5) is 2.33. The van der Waals surface area contributed by atoms with E-state index in [0.29, 0.717) is 5.11 Å². The van der Waals surface area contributed by atoms with Gasteiger partial charge in [-0.05, 0) is 25.3 Å². The number of nitrogens with one attached hydrogen (secondary N) is 1. The molecule has 3 N–H and O–H groups in total. The molecule has 0 aliphatic carbocycles. The van der Waals surface area contributed by atoms with E-state index in [9.17, 15) is 0 Å². The number of nitrogens with two attached hydrogens (primary N) is 1. The summed E-state index contributed by atoms with van der Waals surface area (Å²) in [7, 11) is 0. The van der Waals surface area contributed by atoms with Crippen LogP contribution in [0, 0.1) is 0 Å². The molecule has 76 valence electrons. The second-order valence-corrected chi connectivity index (χ2v) is 3.14. The molecule has 0 aromatic rings. The molecule has 0 amide bonds. The van der Waals surface area contributed by atoms with Crippen LogP contribution in [-0.4, -0.2) is 36.2 Å². The van der Waals surface area contributed by atoms with Gasteiger partial charge in [-0.3, -0.25) is 0 Å². The van der Waals surface area contributed by atoms with Gasteiger partial charge in [-0.15, -0.1) is 0 Å². The number of thiocarbonyl (C=S) groups is 1. The van der Waals surface area contributed by atoms with Gasteiger partial charge >= 0.3 is 0 Å². The molecule has 0 rings (SSSR count). The predicted molar refractivity (Wildman–Crippen MR) is 61.7 cm³/mol. The Labute approximate surface area is 86.0 Å². The van der Waals surface area contributed by atoms with E-state index in [1.165, 1.54) is 0 Å². The highest BCUT2D eigenvalue weighted by atomic mass is 32.1. The van der Waals surface area contributed by atoms with Crippen LogP contribution in [-0.2, 0) is 0 Å². The van der Waals surface area contributed by atoms with Crippen molar-refractivity contribution in [3.05, 3.63) is 12.2 Å². The molecule has 0 bridgehead atoms. The number of nitrogens with zero attached hydrogens (tertiary/aromatic N) is 1. The lowest BCUT2D eigenvalue weighted by atomic mass is 10.4. The van der Waals surface area contributed by atoms with Crippen LogP contribution in [0.1, 0.15) is 13.8 Å². The number of hydrogen-bond acceptors (Lipinski definition) is 2. The molecule has 0 radical (unpaired) electrons. The Kier molecular flexibility index (Phi) is 7.63. The van der Waals surface area contributed by atoms with Gasteiger partial charge in [-0.1, -0.05) is 26.0 Å². The topological polar surface area (TPSA) is 41.3 Å². The minimum atomic E-state index is 0.354. The van der Waals surface area contributed by atoms with Crippen LogP contribution in [0.3, 0.4) is 0 Å². The second kappa shape index (κ2) is 8.01. The van der Waals surface area contributed by atoms with Gasteiger partial charge in [-0.25, -0.2) is 0 Å². The fraction of sp³-hybridized carbons (Fsp3) is 0.667. The van der Waals surface area contributed by atoms with Gasteiger partial charge < -0.3 is 16.0 Å². The predicted octanol–water partition coefficient (Wildman–Crippen LogP) is 0.718. The summed E-state index contributed by atoms with van der Waals surface area (Å²) in [5.74, 6) is 0. The smallest absolute Gasteiger partial charge is 0.163 e. The molecule has 0 aromatic heterocycles. The van der Waals surface area contributed by atoms with Gasteiger partial charge in [0.1, 0.15) is 0 Å². The standard InChI is InChI=1S/C9H19N3S/c1-3-12(4-2)8-6-5-7-11-9(10)13/h5-6H,3-4,7-8H2,1-2H3,(H3,10,11,13)/b6-5+. The van der Waals surface area contributed by atoms with Gasteiger partial charge in [0.25, 0.3) is 0 Å². The maximum absolute atomic E-state index is 5.26. The lowest BCUT2D eigenvalue weighted by Gasteiger charge is -2.14. The van der Waals surface area contributed by atoms with Crippen LogP contribution in [0.25, 0.3) is 0 Å². The van der Waals surface area contributed by atoms with Crippen molar-refractivity contribution in [2.24, 2.45) is 5.73 Å². The van der Waals surface area contributed by atoms with Gasteiger partial charge in [0.05, 0.1) is 0 Å². The van der Waals surface area contributed by atoms with Crippen LogP contribution in [0.5, 0.6) is 0 Å². The molecule has 0 saturated heterocycles. The van der Waals surface area contributed by atoms with E-state index in [0.717, 1.165) is 26.2 Å². The molecule has 0 aromatic carbocycles. The fourth-order valence-electron chi connectivity index (χ4n) is 0.948. The first kappa shape index (κ1) is 12.4. The van der Waals surface area contributed by atoms with E-state index in [2.05, 4.69) is 42.4 Å². The molecular formula is C9H19N3S. The van der Waals surface area contributed by atoms with Crippen LogP contribution in [0.2, 0.25) is 0 Å². The van der Waals surface area contributed by atoms with Crippen LogP contribution in [0.15, 0.2) is 12.2 Å². The van der Waals surface area contributed by atoms with Crippen molar-refractivity contribution in [1.82, 2.24) is 10.2 Å². The third-order valence-corrected chi connectivity index (χ3v) is 1.96. The molecule has 0 spiro atoms. The van der Waals surface area contributed by atoms with E-state index in [4.69, 9.17) is 5.73 Å². The zero-order valence-corrected chi connectivity index (χ0v) is 9.23. The lowest BCUT2D eigenvalue weighted by molar-refractivity contribution is 0.337. The summed E-state index contributed by atoms with van der Waals surface area (Å²) < 4.78 is 0. The molecule has 0 saturated carbocycles. The maximum atomic E-state index is 5.26. The average molecular weight is 201 g/mol. The van der Waals surface area contributed by atoms with E-state index in [1.54, 1.807) is 0 Å². The highest BCUT2D eigenvalue weighted by Crippen LogP contribution is 1.86. The van der Waals surface area contributed by atoms with Crippen LogP contribution >= 0.6 is 12.2 Å². The summed E-state index contributed by atoms with van der Waals surface area (Å²) in [5, 5.41) is 3.21. The highest BCUT2D eigenvalue weighted by Gasteiger charge is 1.92. The zero-order valence-electron chi connectivity index (χ0n) is 8.42. The van der Waals surface area contributed by atoms with Crippen molar-refractivity contribution >= 4 is 17.3 Å². The first-order valence-corrected chi connectivity index (χ1v) is 5.02. The normalized spacial score (nSPS) is 11.0. The molecule has 0 fully saturated rings. The molecule has 0 atom stereocenters. The maximum Gasteiger partial charge on any atom is 0.163 e. The first-order valence-electron chi connectivity index (χ1n) is 4.61. The summed E-state index contributed by atoms with van der Waals surface area (Å²) in [6.07, 6.45) is 4.16. The van der Waals surface area contributed by atoms with E-state index < -0.39 is 0 Å². The Bertz CT molecular complexity index is 164. The van der Waals surface area contributed by atoms with Crippen molar-refractivity contribution in [2.75, 3.05) is 26.2 Å². The van der Waals surface area contributed by atoms with Gasteiger partial charge in [0.2, 0.25) is 0 Å². The molecule has 0 heterocycles. The molecular weight excluding hydrogens is 182 g/mol. The van der Waals surface area contributed by atoms with Crippen molar-refractivity contribution < 1.29 is 0 Å². The summed E-state index contributed by atoms with van der Waals surface area (Å²) >= 11 is 4.66. The molecule has 13 heavy (non-hydrogen) atoms. The zero-order chi connectivity index (χ0) is 10.1. The van der Waals surface area contributed by atoms with E-state index in [1.807, 2.05) is 6.08 Å². The van der Waals surface area contributed by atoms with Crippen molar-refractivity contribution in [1.29, 1.82) is 0 Å². The Hall–Kier alpha value is -0.610. The monoisotopic (exact) mass is 201 g/mol. The van der Waals surface area contributed by atoms with Crippen LogP contribution < -0.4 is 11.1 Å².